The van der Waals surface area contributed by atoms with Gasteiger partial charge in [0, 0.05) is 17.5 Å². The normalized spacial score (nSPS) is 15.7. The van der Waals surface area contributed by atoms with Crippen LogP contribution in [0, 0.1) is 19.8 Å². The van der Waals surface area contributed by atoms with E-state index in [1.807, 2.05) is 24.4 Å². The van der Waals surface area contributed by atoms with Gasteiger partial charge in [-0.3, -0.25) is 10.3 Å². The highest BCUT2D eigenvalue weighted by molar-refractivity contribution is 7.14. The molecule has 0 saturated carbocycles. The number of anilines is 1. The van der Waals surface area contributed by atoms with Crippen LogP contribution in [0.4, 0.5) is 5.13 Å². The van der Waals surface area contributed by atoms with Crippen molar-refractivity contribution in [2.24, 2.45) is 11.0 Å². The largest absolute Gasteiger partial charge is 0.299 e. The Bertz CT molecular complexity index is 1000. The Morgan fingerprint density at radius 1 is 1.13 bits per heavy atom. The summed E-state index contributed by atoms with van der Waals surface area (Å²) in [6, 6.07) is 14.8. The Labute approximate surface area is 183 Å². The van der Waals surface area contributed by atoms with Gasteiger partial charge in [-0.1, -0.05) is 43.3 Å². The molecule has 3 aromatic rings. The molecule has 0 bridgehead atoms. The molecule has 1 aliphatic rings. The lowest BCUT2D eigenvalue weighted by Gasteiger charge is -2.30. The van der Waals surface area contributed by atoms with Crippen LogP contribution in [0.5, 0.6) is 0 Å². The number of nitrogens with zero attached hydrogens (tertiary/aromatic N) is 3. The highest BCUT2D eigenvalue weighted by Crippen LogP contribution is 2.25. The summed E-state index contributed by atoms with van der Waals surface area (Å²) in [5, 5.41) is 7.33. The van der Waals surface area contributed by atoms with Crippen molar-refractivity contribution in [3.63, 3.8) is 0 Å². The Morgan fingerprint density at radius 3 is 2.67 bits per heavy atom. The third-order valence-corrected chi connectivity index (χ3v) is 6.68. The van der Waals surface area contributed by atoms with Crippen molar-refractivity contribution in [1.29, 1.82) is 0 Å². The highest BCUT2D eigenvalue weighted by Gasteiger charge is 2.16. The van der Waals surface area contributed by atoms with E-state index in [4.69, 9.17) is 0 Å². The average Bonchev–Trinajstić information content (AvgIpc) is 3.22. The molecule has 2 aromatic carbocycles. The zero-order valence-electron chi connectivity index (χ0n) is 18.1. The van der Waals surface area contributed by atoms with Crippen molar-refractivity contribution in [3.8, 4) is 11.3 Å². The Balaban J connectivity index is 1.42. The minimum absolute atomic E-state index is 0.803. The molecule has 0 unspecified atom stereocenters. The van der Waals surface area contributed by atoms with Crippen molar-refractivity contribution in [2.45, 2.75) is 40.2 Å². The van der Waals surface area contributed by atoms with Crippen molar-refractivity contribution in [3.05, 3.63) is 70.1 Å². The summed E-state index contributed by atoms with van der Waals surface area (Å²) in [4.78, 5) is 7.22. The maximum atomic E-state index is 4.64. The van der Waals surface area contributed by atoms with Crippen LogP contribution in [0.15, 0.2) is 52.9 Å². The second-order valence-electron chi connectivity index (χ2n) is 8.37. The van der Waals surface area contributed by atoms with Gasteiger partial charge < -0.3 is 0 Å². The number of piperidine rings is 1. The number of hydrazone groups is 1. The van der Waals surface area contributed by atoms with Gasteiger partial charge in [-0.05, 0) is 74.0 Å². The lowest BCUT2D eigenvalue weighted by atomic mass is 9.96. The predicted octanol–water partition coefficient (Wildman–Crippen LogP) is 6.10. The first-order chi connectivity index (χ1) is 14.6. The molecule has 156 valence electrons. The fourth-order valence-corrected chi connectivity index (χ4v) is 4.58. The number of thiazole rings is 1. The highest BCUT2D eigenvalue weighted by atomic mass is 32.1. The van der Waals surface area contributed by atoms with Crippen LogP contribution in [0.25, 0.3) is 11.3 Å². The van der Waals surface area contributed by atoms with Gasteiger partial charge in [0.05, 0.1) is 11.9 Å². The van der Waals surface area contributed by atoms with Gasteiger partial charge in [0.2, 0.25) is 5.13 Å². The second kappa shape index (κ2) is 9.54. The van der Waals surface area contributed by atoms with Gasteiger partial charge in [0.25, 0.3) is 0 Å². The van der Waals surface area contributed by atoms with E-state index in [0.717, 1.165) is 34.4 Å². The van der Waals surface area contributed by atoms with E-state index in [0.29, 0.717) is 0 Å². The number of rotatable bonds is 6. The van der Waals surface area contributed by atoms with Gasteiger partial charge in [-0.2, -0.15) is 5.10 Å². The van der Waals surface area contributed by atoms with Crippen LogP contribution in [-0.2, 0) is 6.54 Å². The Kier molecular flexibility index (Phi) is 6.60. The summed E-state index contributed by atoms with van der Waals surface area (Å²) >= 11 is 1.57. The monoisotopic (exact) mass is 418 g/mol. The quantitative estimate of drug-likeness (QED) is 0.388. The van der Waals surface area contributed by atoms with E-state index in [-0.39, 0.29) is 0 Å². The van der Waals surface area contributed by atoms with Crippen molar-refractivity contribution >= 4 is 22.7 Å². The molecule has 0 atom stereocenters. The van der Waals surface area contributed by atoms with Crippen LogP contribution in [0.2, 0.25) is 0 Å². The van der Waals surface area contributed by atoms with E-state index < -0.39 is 0 Å². The third-order valence-electron chi connectivity index (χ3n) is 5.93. The molecule has 0 aliphatic carbocycles. The molecular formula is C25H30N4S. The van der Waals surface area contributed by atoms with Gasteiger partial charge in [-0.25, -0.2) is 4.98 Å². The predicted molar refractivity (Wildman–Crippen MR) is 128 cm³/mol. The smallest absolute Gasteiger partial charge is 0.203 e. The van der Waals surface area contributed by atoms with Gasteiger partial charge >= 0.3 is 0 Å². The van der Waals surface area contributed by atoms with Gasteiger partial charge in [0.1, 0.15) is 0 Å². The average molecular weight is 419 g/mol. The zero-order chi connectivity index (χ0) is 20.9. The molecule has 0 spiro atoms. The number of hydrogen-bond acceptors (Lipinski definition) is 5. The molecule has 1 N–H and O–H groups in total. The maximum absolute atomic E-state index is 4.64. The molecule has 4 rings (SSSR count). The van der Waals surface area contributed by atoms with Gasteiger partial charge in [0.15, 0.2) is 0 Å². The first-order valence-corrected chi connectivity index (χ1v) is 11.6. The first-order valence-electron chi connectivity index (χ1n) is 10.7. The molecule has 4 nitrogen and oxygen atoms in total. The summed E-state index contributed by atoms with van der Waals surface area (Å²) in [6.07, 6.45) is 4.53. The minimum Gasteiger partial charge on any atom is -0.299 e. The molecule has 0 amide bonds. The SMILES string of the molecule is Cc1cc(C)c(CN2CCC(C)CC2)cc1C=NNc1nc(-c2ccccc2)cs1. The Hall–Kier alpha value is -2.50. The van der Waals surface area contributed by atoms with Crippen LogP contribution in [0.3, 0.4) is 0 Å². The number of benzene rings is 2. The number of aromatic nitrogens is 1. The van der Waals surface area contributed by atoms with E-state index in [9.17, 15) is 0 Å². The number of aryl methyl sites for hydroxylation is 2. The summed E-state index contributed by atoms with van der Waals surface area (Å²) in [7, 11) is 0. The Morgan fingerprint density at radius 2 is 1.90 bits per heavy atom. The number of likely N-dealkylation sites (tertiary alicyclic amines) is 1. The fraction of sp³-hybridized carbons (Fsp3) is 0.360. The van der Waals surface area contributed by atoms with Crippen molar-refractivity contribution < 1.29 is 0 Å². The van der Waals surface area contributed by atoms with Crippen LogP contribution >= 0.6 is 11.3 Å². The lowest BCUT2D eigenvalue weighted by molar-refractivity contribution is 0.185. The molecule has 0 radical (unpaired) electrons. The van der Waals surface area contributed by atoms with E-state index >= 15 is 0 Å². The van der Waals surface area contributed by atoms with Gasteiger partial charge in [-0.15, -0.1) is 11.3 Å². The van der Waals surface area contributed by atoms with Crippen molar-refractivity contribution in [2.75, 3.05) is 18.5 Å². The molecule has 1 aromatic heterocycles. The standard InChI is InChI=1S/C25H30N4S/c1-18-9-11-29(12-10-18)16-23-14-22(19(2)13-20(23)3)15-26-28-25-27-24(17-30-25)21-7-5-4-6-8-21/h4-8,13-15,17-18H,9-12,16H2,1-3H3,(H,27,28). The zero-order valence-corrected chi connectivity index (χ0v) is 18.9. The molecule has 30 heavy (non-hydrogen) atoms. The lowest BCUT2D eigenvalue weighted by Crippen LogP contribution is -2.32. The van der Waals surface area contributed by atoms with Crippen LogP contribution in [-0.4, -0.2) is 29.2 Å². The molecule has 1 aliphatic heterocycles. The number of hydrogen-bond donors (Lipinski definition) is 1. The van der Waals surface area contributed by atoms with Crippen LogP contribution in [0.1, 0.15) is 42.0 Å². The summed E-state index contributed by atoms with van der Waals surface area (Å²) in [6.45, 7) is 10.2. The summed E-state index contributed by atoms with van der Waals surface area (Å²) in [5.74, 6) is 0.863. The maximum Gasteiger partial charge on any atom is 0.203 e. The molecule has 1 saturated heterocycles. The number of nitrogens with one attached hydrogen (secondary N) is 1. The fourth-order valence-electron chi connectivity index (χ4n) is 3.91. The topological polar surface area (TPSA) is 40.5 Å². The third kappa shape index (κ3) is 5.15. The van der Waals surface area contributed by atoms with E-state index in [1.54, 1.807) is 11.3 Å². The summed E-state index contributed by atoms with van der Waals surface area (Å²) in [5.41, 5.74) is 10.4. The molecular weight excluding hydrogens is 388 g/mol. The van der Waals surface area contributed by atoms with Crippen molar-refractivity contribution in [1.82, 2.24) is 9.88 Å². The summed E-state index contributed by atoms with van der Waals surface area (Å²) < 4.78 is 0. The molecule has 5 heteroatoms. The minimum atomic E-state index is 0.803. The van der Waals surface area contributed by atoms with Crippen LogP contribution < -0.4 is 5.43 Å². The molecule has 2 heterocycles. The van der Waals surface area contributed by atoms with E-state index in [2.05, 4.69) is 70.8 Å². The second-order valence-corrected chi connectivity index (χ2v) is 9.23. The van der Waals surface area contributed by atoms with E-state index in [1.165, 1.54) is 42.6 Å². The first kappa shape index (κ1) is 20.8. The molecule has 1 fully saturated rings.